The number of amides is 2. The normalized spacial score (nSPS) is 13.6. The number of nitrogens with one attached hydrogen (secondary N) is 4. The van der Waals surface area contributed by atoms with Crippen LogP contribution in [0.3, 0.4) is 0 Å². The Hall–Kier alpha value is -3.55. The molecule has 0 saturated heterocycles. The number of unbranched alkanes of at least 4 members (excludes halogenated alkanes) is 1. The lowest BCUT2D eigenvalue weighted by Crippen LogP contribution is -2.31. The number of H-pyrrole nitrogens is 1. The first kappa shape index (κ1) is 20.7. The molecule has 1 aromatic heterocycles. The van der Waals surface area contributed by atoms with Crippen LogP contribution < -0.4 is 10.6 Å². The summed E-state index contributed by atoms with van der Waals surface area (Å²) in [4.78, 5) is 33.2. The first-order valence-electron chi connectivity index (χ1n) is 10.3. The third kappa shape index (κ3) is 4.47. The molecule has 2 amide bonds. The number of imidazole rings is 1. The summed E-state index contributed by atoms with van der Waals surface area (Å²) >= 11 is 0. The van der Waals surface area contributed by atoms with Gasteiger partial charge in [-0.2, -0.15) is 0 Å². The molecule has 1 aliphatic heterocycles. The van der Waals surface area contributed by atoms with Crippen molar-refractivity contribution in [3.8, 4) is 0 Å². The molecule has 1 aliphatic rings. The summed E-state index contributed by atoms with van der Waals surface area (Å²) in [5.74, 6) is 0.0498. The van der Waals surface area contributed by atoms with E-state index in [-0.39, 0.29) is 17.5 Å². The average molecular weight is 421 g/mol. The van der Waals surface area contributed by atoms with Crippen molar-refractivity contribution >= 4 is 28.6 Å². The van der Waals surface area contributed by atoms with Crippen LogP contribution >= 0.6 is 0 Å². The van der Waals surface area contributed by atoms with Crippen molar-refractivity contribution in [3.63, 3.8) is 0 Å². The number of carbonyl (C=O) groups is 2. The topological polar surface area (TPSA) is 111 Å². The van der Waals surface area contributed by atoms with Crippen molar-refractivity contribution in [2.45, 2.75) is 38.3 Å². The number of aromatic nitrogens is 2. The third-order valence-electron chi connectivity index (χ3n) is 5.49. The zero-order valence-corrected chi connectivity index (χ0v) is 17.0. The van der Waals surface area contributed by atoms with E-state index in [0.29, 0.717) is 49.2 Å². The minimum Gasteiger partial charge on any atom is -0.348 e. The maximum absolute atomic E-state index is 13.1. The third-order valence-corrected chi connectivity index (χ3v) is 5.49. The highest BCUT2D eigenvalue weighted by atomic mass is 19.1. The van der Waals surface area contributed by atoms with Crippen LogP contribution in [0.1, 0.15) is 63.8 Å². The van der Waals surface area contributed by atoms with Gasteiger partial charge in [0, 0.05) is 12.3 Å². The minimum absolute atomic E-state index is 0.0789. The van der Waals surface area contributed by atoms with Crippen molar-refractivity contribution in [2.75, 3.05) is 6.67 Å². The minimum atomic E-state index is -0.731. The fourth-order valence-electron chi connectivity index (χ4n) is 3.87. The molecule has 0 radical (unpaired) electrons. The molecule has 0 spiro atoms. The molecule has 0 bridgehead atoms. The Morgan fingerprint density at radius 2 is 2.03 bits per heavy atom. The summed E-state index contributed by atoms with van der Waals surface area (Å²) in [6, 6.07) is 12.5. The average Bonchev–Trinajstić information content (AvgIpc) is 3.39. The highest BCUT2D eigenvalue weighted by molar-refractivity contribution is 6.09. The van der Waals surface area contributed by atoms with Gasteiger partial charge < -0.3 is 21.0 Å². The highest BCUT2D eigenvalue weighted by Crippen LogP contribution is 2.24. The molecule has 4 N–H and O–H groups in total. The summed E-state index contributed by atoms with van der Waals surface area (Å²) in [5, 5.41) is 13.2. The first-order chi connectivity index (χ1) is 15.1. The van der Waals surface area contributed by atoms with Crippen LogP contribution in [0.4, 0.5) is 4.39 Å². The molecular weight excluding hydrogens is 397 g/mol. The summed E-state index contributed by atoms with van der Waals surface area (Å²) in [7, 11) is 0. The van der Waals surface area contributed by atoms with Gasteiger partial charge in [-0.1, -0.05) is 30.7 Å². The Balaban J connectivity index is 1.55. The molecule has 2 aromatic carbocycles. The zero-order valence-electron chi connectivity index (χ0n) is 17.0. The summed E-state index contributed by atoms with van der Waals surface area (Å²) in [6.45, 7) is -0.312. The lowest BCUT2D eigenvalue weighted by molar-refractivity contribution is 0.0912. The lowest BCUT2D eigenvalue weighted by atomic mass is 10.0. The van der Waals surface area contributed by atoms with Gasteiger partial charge in [0.05, 0.1) is 28.2 Å². The number of alkyl halides is 1. The van der Waals surface area contributed by atoms with Gasteiger partial charge in [0.1, 0.15) is 12.5 Å². The summed E-state index contributed by atoms with van der Waals surface area (Å²) in [6.07, 6.45) is 2.31. The number of benzene rings is 2. The van der Waals surface area contributed by atoms with Crippen molar-refractivity contribution in [3.05, 3.63) is 65.0 Å². The van der Waals surface area contributed by atoms with Gasteiger partial charge in [-0.25, -0.2) is 9.37 Å². The SMILES string of the molecule is N=C(CF)CCCC[C@H](NC(=O)c1cccc2c1C(=O)NC2)c1nc2ccccc2[nH]1. The molecule has 3 aromatic rings. The molecule has 0 aliphatic carbocycles. The van der Waals surface area contributed by atoms with Gasteiger partial charge in [-0.05, 0) is 43.0 Å². The largest absolute Gasteiger partial charge is 0.348 e. The van der Waals surface area contributed by atoms with Crippen LogP contribution in [-0.2, 0) is 6.54 Å². The number of nitrogens with zero attached hydrogens (tertiary/aromatic N) is 1. The van der Waals surface area contributed by atoms with Crippen molar-refractivity contribution < 1.29 is 14.0 Å². The zero-order chi connectivity index (χ0) is 21.8. The van der Waals surface area contributed by atoms with E-state index in [1.807, 2.05) is 30.3 Å². The van der Waals surface area contributed by atoms with Gasteiger partial charge in [-0.3, -0.25) is 9.59 Å². The number of rotatable bonds is 9. The smallest absolute Gasteiger partial charge is 0.252 e. The molecule has 8 heteroatoms. The van der Waals surface area contributed by atoms with E-state index in [4.69, 9.17) is 5.41 Å². The number of aromatic amines is 1. The highest BCUT2D eigenvalue weighted by Gasteiger charge is 2.27. The van der Waals surface area contributed by atoms with Gasteiger partial charge in [0.25, 0.3) is 11.8 Å². The van der Waals surface area contributed by atoms with Crippen LogP contribution in [0.15, 0.2) is 42.5 Å². The standard InChI is InChI=1S/C23H24FN5O2/c24-12-15(25)7-1-2-11-19(21-27-17-9-3-4-10-18(17)28-21)29-22(30)16-8-5-6-14-13-26-23(31)20(14)16/h3-6,8-10,19,25H,1-2,7,11-13H2,(H,26,31)(H,27,28)(H,29,30)/t19-/m0/s1. The molecule has 31 heavy (non-hydrogen) atoms. The number of carbonyl (C=O) groups excluding carboxylic acids is 2. The van der Waals surface area contributed by atoms with E-state index in [0.717, 1.165) is 16.6 Å². The maximum atomic E-state index is 13.1. The molecule has 160 valence electrons. The first-order valence-corrected chi connectivity index (χ1v) is 10.3. The second-order valence-electron chi connectivity index (χ2n) is 7.67. The van der Waals surface area contributed by atoms with Crippen molar-refractivity contribution in [2.24, 2.45) is 0 Å². The Morgan fingerprint density at radius 3 is 2.84 bits per heavy atom. The quantitative estimate of drug-likeness (QED) is 0.311. The van der Waals surface area contributed by atoms with Gasteiger partial charge >= 0.3 is 0 Å². The Labute approximate surface area is 179 Å². The van der Waals surface area contributed by atoms with E-state index >= 15 is 0 Å². The van der Waals surface area contributed by atoms with Crippen LogP contribution in [0.2, 0.25) is 0 Å². The number of hydrogen-bond acceptors (Lipinski definition) is 4. The monoisotopic (exact) mass is 421 g/mol. The number of halogens is 1. The van der Waals surface area contributed by atoms with Crippen molar-refractivity contribution in [1.82, 2.24) is 20.6 Å². The van der Waals surface area contributed by atoms with Crippen LogP contribution in [0.25, 0.3) is 11.0 Å². The number of hydrogen-bond donors (Lipinski definition) is 4. The van der Waals surface area contributed by atoms with E-state index in [9.17, 15) is 14.0 Å². The molecule has 0 saturated carbocycles. The van der Waals surface area contributed by atoms with E-state index < -0.39 is 12.7 Å². The van der Waals surface area contributed by atoms with E-state index in [2.05, 4.69) is 20.6 Å². The molecule has 7 nitrogen and oxygen atoms in total. The van der Waals surface area contributed by atoms with Crippen molar-refractivity contribution in [1.29, 1.82) is 5.41 Å². The van der Waals surface area contributed by atoms with Gasteiger partial charge in [0.15, 0.2) is 0 Å². The van der Waals surface area contributed by atoms with E-state index in [1.54, 1.807) is 12.1 Å². The fourth-order valence-corrected chi connectivity index (χ4v) is 3.87. The summed E-state index contributed by atoms with van der Waals surface area (Å²) in [5.41, 5.74) is 3.32. The molecule has 0 unspecified atom stereocenters. The second kappa shape index (κ2) is 9.07. The van der Waals surface area contributed by atoms with Crippen LogP contribution in [0, 0.1) is 5.41 Å². The predicted octanol–water partition coefficient (Wildman–Crippen LogP) is 3.83. The number of para-hydroxylation sites is 2. The van der Waals surface area contributed by atoms with Gasteiger partial charge in [-0.15, -0.1) is 0 Å². The van der Waals surface area contributed by atoms with E-state index in [1.165, 1.54) is 0 Å². The number of fused-ring (bicyclic) bond motifs is 2. The van der Waals surface area contributed by atoms with Crippen LogP contribution in [-0.4, -0.2) is 34.2 Å². The molecule has 2 heterocycles. The Morgan fingerprint density at radius 1 is 1.19 bits per heavy atom. The maximum Gasteiger partial charge on any atom is 0.252 e. The van der Waals surface area contributed by atoms with Crippen LogP contribution in [0.5, 0.6) is 0 Å². The Kier molecular flexibility index (Phi) is 6.06. The molecule has 4 rings (SSSR count). The summed E-state index contributed by atoms with van der Waals surface area (Å²) < 4.78 is 12.5. The van der Waals surface area contributed by atoms with Gasteiger partial charge in [0.2, 0.25) is 0 Å². The second-order valence-corrected chi connectivity index (χ2v) is 7.67. The molecule has 1 atom stereocenters. The fraction of sp³-hybridized carbons (Fsp3) is 0.304. The molecule has 0 fully saturated rings. The molecular formula is C23H24FN5O2. The Bertz CT molecular complexity index is 1110. The predicted molar refractivity (Wildman–Crippen MR) is 116 cm³/mol. The lowest BCUT2D eigenvalue weighted by Gasteiger charge is -2.18.